The standard InChI is InChI=1S/C12H23F3N4O.HI/c1-5-16-11(17-6-9(2)3)18-7-10(20)19(4)8-12(13,14)15;/h9H,5-8H2,1-4H3,(H2,16,17,18);1H. The van der Waals surface area contributed by atoms with Crippen LogP contribution in [0.4, 0.5) is 13.2 Å². The Kier molecular flexibility index (Phi) is 11.7. The van der Waals surface area contributed by atoms with Crippen LogP contribution in [0.1, 0.15) is 20.8 Å². The normalized spacial score (nSPS) is 11.9. The molecule has 0 unspecified atom stereocenters. The van der Waals surface area contributed by atoms with Crippen LogP contribution in [0.2, 0.25) is 0 Å². The van der Waals surface area contributed by atoms with Gasteiger partial charge in [0, 0.05) is 20.1 Å². The van der Waals surface area contributed by atoms with Crippen molar-refractivity contribution in [2.75, 3.05) is 33.2 Å². The number of carbonyl (C=O) groups is 1. The third-order valence-electron chi connectivity index (χ3n) is 2.24. The highest BCUT2D eigenvalue weighted by atomic mass is 127. The number of alkyl halides is 3. The van der Waals surface area contributed by atoms with Gasteiger partial charge in [-0.25, -0.2) is 4.99 Å². The number of hydrogen-bond donors (Lipinski definition) is 2. The van der Waals surface area contributed by atoms with Gasteiger partial charge in [0.1, 0.15) is 13.1 Å². The maximum absolute atomic E-state index is 12.1. The number of guanidine groups is 1. The van der Waals surface area contributed by atoms with Crippen LogP contribution in [-0.4, -0.2) is 56.2 Å². The molecule has 0 radical (unpaired) electrons. The SMILES string of the molecule is CCNC(=NCC(=O)N(C)CC(F)(F)F)NCC(C)C.I. The van der Waals surface area contributed by atoms with E-state index in [-0.39, 0.29) is 30.5 Å². The average molecular weight is 424 g/mol. The van der Waals surface area contributed by atoms with Gasteiger partial charge in [-0.1, -0.05) is 13.8 Å². The number of nitrogens with zero attached hydrogens (tertiary/aromatic N) is 2. The molecule has 0 aliphatic heterocycles. The minimum absolute atomic E-state index is 0. The van der Waals surface area contributed by atoms with Crippen molar-refractivity contribution in [2.45, 2.75) is 26.9 Å². The van der Waals surface area contributed by atoms with Crippen LogP contribution in [-0.2, 0) is 4.79 Å². The first-order valence-electron chi connectivity index (χ1n) is 6.48. The number of halogens is 4. The van der Waals surface area contributed by atoms with E-state index in [1.165, 1.54) is 0 Å². The number of amides is 1. The molecular weight excluding hydrogens is 400 g/mol. The molecule has 0 saturated heterocycles. The second kappa shape index (κ2) is 10.9. The molecule has 0 aliphatic carbocycles. The van der Waals surface area contributed by atoms with E-state index >= 15 is 0 Å². The van der Waals surface area contributed by atoms with E-state index in [0.29, 0.717) is 29.9 Å². The topological polar surface area (TPSA) is 56.7 Å². The van der Waals surface area contributed by atoms with Crippen LogP contribution in [0, 0.1) is 5.92 Å². The monoisotopic (exact) mass is 424 g/mol. The predicted molar refractivity (Wildman–Crippen MR) is 87.9 cm³/mol. The van der Waals surface area contributed by atoms with Crippen LogP contribution in [0.3, 0.4) is 0 Å². The van der Waals surface area contributed by atoms with Crippen molar-refractivity contribution in [1.82, 2.24) is 15.5 Å². The summed E-state index contributed by atoms with van der Waals surface area (Å²) in [6, 6.07) is 0. The third-order valence-corrected chi connectivity index (χ3v) is 2.24. The van der Waals surface area contributed by atoms with E-state index < -0.39 is 18.6 Å². The maximum atomic E-state index is 12.1. The molecule has 0 atom stereocenters. The minimum Gasteiger partial charge on any atom is -0.357 e. The lowest BCUT2D eigenvalue weighted by molar-refractivity contribution is -0.157. The Morgan fingerprint density at radius 2 is 1.86 bits per heavy atom. The van der Waals surface area contributed by atoms with Crippen molar-refractivity contribution in [2.24, 2.45) is 10.9 Å². The van der Waals surface area contributed by atoms with Crippen LogP contribution >= 0.6 is 24.0 Å². The highest BCUT2D eigenvalue weighted by Gasteiger charge is 2.30. The summed E-state index contributed by atoms with van der Waals surface area (Å²) in [5.41, 5.74) is 0. The van der Waals surface area contributed by atoms with Crippen molar-refractivity contribution in [3.8, 4) is 0 Å². The number of rotatable bonds is 6. The van der Waals surface area contributed by atoms with Crippen LogP contribution in [0.15, 0.2) is 4.99 Å². The van der Waals surface area contributed by atoms with Crippen LogP contribution in [0.5, 0.6) is 0 Å². The maximum Gasteiger partial charge on any atom is 0.406 e. The van der Waals surface area contributed by atoms with Gasteiger partial charge in [0.15, 0.2) is 5.96 Å². The van der Waals surface area contributed by atoms with Crippen molar-refractivity contribution in [1.29, 1.82) is 0 Å². The zero-order valence-corrected chi connectivity index (χ0v) is 15.1. The van der Waals surface area contributed by atoms with Gasteiger partial charge in [0.05, 0.1) is 0 Å². The molecular formula is C12H24F3IN4O. The Hall–Kier alpha value is -0.740. The fourth-order valence-electron chi connectivity index (χ4n) is 1.27. The summed E-state index contributed by atoms with van der Waals surface area (Å²) < 4.78 is 36.4. The zero-order chi connectivity index (χ0) is 15.8. The molecule has 1 amide bonds. The van der Waals surface area contributed by atoms with Gasteiger partial charge in [0.25, 0.3) is 0 Å². The van der Waals surface area contributed by atoms with E-state index in [9.17, 15) is 18.0 Å². The molecule has 0 heterocycles. The van der Waals surface area contributed by atoms with Crippen molar-refractivity contribution in [3.63, 3.8) is 0 Å². The molecule has 0 spiro atoms. The molecule has 2 N–H and O–H groups in total. The average Bonchev–Trinajstić information content (AvgIpc) is 2.29. The summed E-state index contributed by atoms with van der Waals surface area (Å²) in [5.74, 6) is 0.140. The summed E-state index contributed by atoms with van der Waals surface area (Å²) in [6.07, 6.45) is -4.39. The molecule has 21 heavy (non-hydrogen) atoms. The molecule has 126 valence electrons. The quantitative estimate of drug-likeness (QED) is 0.389. The Labute approximate surface area is 140 Å². The van der Waals surface area contributed by atoms with Gasteiger partial charge in [-0.15, -0.1) is 24.0 Å². The fraction of sp³-hybridized carbons (Fsp3) is 0.833. The summed E-state index contributed by atoms with van der Waals surface area (Å²) in [4.78, 5) is 16.1. The molecule has 0 rings (SSSR count). The molecule has 0 aliphatic rings. The second-order valence-corrected chi connectivity index (χ2v) is 4.83. The molecule has 5 nitrogen and oxygen atoms in total. The molecule has 9 heteroatoms. The van der Waals surface area contributed by atoms with Crippen molar-refractivity contribution < 1.29 is 18.0 Å². The zero-order valence-electron chi connectivity index (χ0n) is 12.8. The van der Waals surface area contributed by atoms with Gasteiger partial charge < -0.3 is 15.5 Å². The van der Waals surface area contributed by atoms with E-state index in [4.69, 9.17) is 0 Å². The minimum atomic E-state index is -4.39. The van der Waals surface area contributed by atoms with Gasteiger partial charge in [-0.2, -0.15) is 13.2 Å². The van der Waals surface area contributed by atoms with E-state index in [1.807, 2.05) is 20.8 Å². The first-order valence-corrected chi connectivity index (χ1v) is 6.48. The van der Waals surface area contributed by atoms with E-state index in [2.05, 4.69) is 15.6 Å². The smallest absolute Gasteiger partial charge is 0.357 e. The predicted octanol–water partition coefficient (Wildman–Crippen LogP) is 1.84. The van der Waals surface area contributed by atoms with E-state index in [1.54, 1.807) is 0 Å². The molecule has 0 fully saturated rings. The summed E-state index contributed by atoms with van der Waals surface area (Å²) in [6.45, 7) is 5.58. The van der Waals surface area contributed by atoms with Gasteiger partial charge in [-0.05, 0) is 12.8 Å². The summed E-state index contributed by atoms with van der Waals surface area (Å²) in [5, 5.41) is 5.94. The Morgan fingerprint density at radius 1 is 1.29 bits per heavy atom. The lowest BCUT2D eigenvalue weighted by atomic mass is 10.2. The third kappa shape index (κ3) is 12.7. The summed E-state index contributed by atoms with van der Waals surface area (Å²) >= 11 is 0. The number of aliphatic imine (C=N–C) groups is 1. The van der Waals surface area contributed by atoms with Gasteiger partial charge in [-0.3, -0.25) is 4.79 Å². The molecule has 0 aromatic heterocycles. The molecule has 0 saturated carbocycles. The Morgan fingerprint density at radius 3 is 2.29 bits per heavy atom. The molecule has 0 aromatic rings. The van der Waals surface area contributed by atoms with Crippen LogP contribution < -0.4 is 10.6 Å². The highest BCUT2D eigenvalue weighted by molar-refractivity contribution is 14.0. The highest BCUT2D eigenvalue weighted by Crippen LogP contribution is 2.15. The largest absolute Gasteiger partial charge is 0.406 e. The Balaban J connectivity index is 0. The van der Waals surface area contributed by atoms with Crippen molar-refractivity contribution in [3.05, 3.63) is 0 Å². The number of nitrogens with one attached hydrogen (secondary N) is 2. The second-order valence-electron chi connectivity index (χ2n) is 4.83. The Bertz CT molecular complexity index is 335. The van der Waals surface area contributed by atoms with E-state index in [0.717, 1.165) is 7.05 Å². The number of hydrogen-bond acceptors (Lipinski definition) is 2. The first kappa shape index (κ1) is 22.5. The number of likely N-dealkylation sites (N-methyl/N-ethyl adjacent to an activating group) is 1. The lowest BCUT2D eigenvalue weighted by Crippen LogP contribution is -2.41. The fourth-order valence-corrected chi connectivity index (χ4v) is 1.27. The lowest BCUT2D eigenvalue weighted by Gasteiger charge is -2.18. The van der Waals surface area contributed by atoms with Gasteiger partial charge >= 0.3 is 6.18 Å². The number of carbonyl (C=O) groups excluding carboxylic acids is 1. The first-order chi connectivity index (χ1) is 9.15. The van der Waals surface area contributed by atoms with Crippen LogP contribution in [0.25, 0.3) is 0 Å². The molecule has 0 aromatic carbocycles. The van der Waals surface area contributed by atoms with Gasteiger partial charge in [0.2, 0.25) is 5.91 Å². The molecule has 0 bridgehead atoms. The van der Waals surface area contributed by atoms with Crippen molar-refractivity contribution >= 4 is 35.8 Å². The summed E-state index contributed by atoms with van der Waals surface area (Å²) in [7, 11) is 1.11.